The molecule has 0 bridgehead atoms. The van der Waals surface area contributed by atoms with Crippen LogP contribution in [-0.4, -0.2) is 11.2 Å². The van der Waals surface area contributed by atoms with Crippen molar-refractivity contribution in [2.45, 2.75) is 51.6 Å². The molecule has 1 saturated carbocycles. The molecule has 1 aliphatic rings. The standard InChI is InChI=1S/C9H18O/c1-8(10)9-6-4-2-3-5-7-9/h8-10H,2-7H2,1H3. The molecule has 0 saturated heterocycles. The number of hydrogen-bond acceptors (Lipinski definition) is 1. The van der Waals surface area contributed by atoms with Gasteiger partial charge in [-0.2, -0.15) is 0 Å². The monoisotopic (exact) mass is 142 g/mol. The molecule has 0 aromatic carbocycles. The second-order valence-electron chi connectivity index (χ2n) is 3.49. The molecule has 1 nitrogen and oxygen atoms in total. The summed E-state index contributed by atoms with van der Waals surface area (Å²) in [4.78, 5) is 0. The van der Waals surface area contributed by atoms with E-state index in [1.54, 1.807) is 0 Å². The van der Waals surface area contributed by atoms with E-state index in [1.807, 2.05) is 6.92 Å². The Morgan fingerprint density at radius 1 is 1.10 bits per heavy atom. The first-order valence-electron chi connectivity index (χ1n) is 4.49. The average Bonchev–Trinajstić information content (AvgIpc) is 2.12. The lowest BCUT2D eigenvalue weighted by atomic mass is 9.95. The summed E-state index contributed by atoms with van der Waals surface area (Å²) in [6, 6.07) is 0. The summed E-state index contributed by atoms with van der Waals surface area (Å²) < 4.78 is 0. The molecule has 1 fully saturated rings. The second-order valence-corrected chi connectivity index (χ2v) is 3.49. The summed E-state index contributed by atoms with van der Waals surface area (Å²) in [6.07, 6.45) is 7.84. The molecule has 1 rings (SSSR count). The third-order valence-corrected chi connectivity index (χ3v) is 2.58. The lowest BCUT2D eigenvalue weighted by Gasteiger charge is -2.16. The van der Waals surface area contributed by atoms with Crippen molar-refractivity contribution >= 4 is 0 Å². The van der Waals surface area contributed by atoms with Crippen LogP contribution in [0.4, 0.5) is 0 Å². The van der Waals surface area contributed by atoms with Crippen LogP contribution < -0.4 is 0 Å². The molecule has 0 radical (unpaired) electrons. The van der Waals surface area contributed by atoms with Gasteiger partial charge in [-0.1, -0.05) is 25.7 Å². The minimum absolute atomic E-state index is 0.0712. The van der Waals surface area contributed by atoms with Gasteiger partial charge >= 0.3 is 0 Å². The summed E-state index contributed by atoms with van der Waals surface area (Å²) in [5.41, 5.74) is 0. The van der Waals surface area contributed by atoms with Gasteiger partial charge in [-0.05, 0) is 25.7 Å². The van der Waals surface area contributed by atoms with E-state index >= 15 is 0 Å². The first kappa shape index (κ1) is 8.06. The highest BCUT2D eigenvalue weighted by molar-refractivity contribution is 4.68. The largest absolute Gasteiger partial charge is 0.393 e. The Morgan fingerprint density at radius 2 is 1.60 bits per heavy atom. The van der Waals surface area contributed by atoms with Gasteiger partial charge < -0.3 is 5.11 Å². The zero-order valence-corrected chi connectivity index (χ0v) is 6.84. The zero-order valence-electron chi connectivity index (χ0n) is 6.84. The summed E-state index contributed by atoms with van der Waals surface area (Å²) in [7, 11) is 0. The highest BCUT2D eigenvalue weighted by Crippen LogP contribution is 2.24. The molecule has 0 aromatic rings. The van der Waals surface area contributed by atoms with Crippen molar-refractivity contribution in [2.75, 3.05) is 0 Å². The molecule has 1 unspecified atom stereocenters. The van der Waals surface area contributed by atoms with Gasteiger partial charge in [0.15, 0.2) is 0 Å². The SMILES string of the molecule is CC(O)C1CCCCCC1. The Hall–Kier alpha value is -0.0400. The topological polar surface area (TPSA) is 20.2 Å². The van der Waals surface area contributed by atoms with Gasteiger partial charge in [0, 0.05) is 0 Å². The molecule has 60 valence electrons. The predicted octanol–water partition coefficient (Wildman–Crippen LogP) is 2.34. The number of hydrogen-bond donors (Lipinski definition) is 1. The van der Waals surface area contributed by atoms with Crippen LogP contribution in [-0.2, 0) is 0 Å². The fourth-order valence-corrected chi connectivity index (χ4v) is 1.79. The maximum atomic E-state index is 9.30. The van der Waals surface area contributed by atoms with Crippen LogP contribution in [0.25, 0.3) is 0 Å². The van der Waals surface area contributed by atoms with Crippen LogP contribution >= 0.6 is 0 Å². The number of aliphatic hydroxyl groups is 1. The Kier molecular flexibility index (Phi) is 3.20. The fourth-order valence-electron chi connectivity index (χ4n) is 1.79. The van der Waals surface area contributed by atoms with Crippen LogP contribution in [0.15, 0.2) is 0 Å². The van der Waals surface area contributed by atoms with Gasteiger partial charge in [0.2, 0.25) is 0 Å². The van der Waals surface area contributed by atoms with Crippen molar-refractivity contribution in [3.8, 4) is 0 Å². The Balaban J connectivity index is 2.28. The molecular weight excluding hydrogens is 124 g/mol. The quantitative estimate of drug-likeness (QED) is 0.557. The smallest absolute Gasteiger partial charge is 0.0540 e. The highest BCUT2D eigenvalue weighted by atomic mass is 16.3. The summed E-state index contributed by atoms with van der Waals surface area (Å²) in [5.74, 6) is 0.600. The molecule has 1 heteroatoms. The Morgan fingerprint density at radius 3 is 2.00 bits per heavy atom. The molecule has 1 aliphatic carbocycles. The van der Waals surface area contributed by atoms with Crippen molar-refractivity contribution < 1.29 is 5.11 Å². The van der Waals surface area contributed by atoms with E-state index in [-0.39, 0.29) is 6.10 Å². The van der Waals surface area contributed by atoms with Crippen LogP contribution in [0, 0.1) is 5.92 Å². The van der Waals surface area contributed by atoms with E-state index in [0.717, 1.165) is 0 Å². The molecule has 0 amide bonds. The van der Waals surface area contributed by atoms with Gasteiger partial charge in [-0.25, -0.2) is 0 Å². The van der Waals surface area contributed by atoms with Gasteiger partial charge in [0.25, 0.3) is 0 Å². The lowest BCUT2D eigenvalue weighted by Crippen LogP contribution is -2.15. The zero-order chi connectivity index (χ0) is 7.40. The Bertz CT molecular complexity index is 80.7. The normalized spacial score (nSPS) is 25.8. The van der Waals surface area contributed by atoms with Gasteiger partial charge in [0.05, 0.1) is 6.10 Å². The molecule has 0 aromatic heterocycles. The minimum Gasteiger partial charge on any atom is -0.393 e. The van der Waals surface area contributed by atoms with Crippen molar-refractivity contribution in [1.29, 1.82) is 0 Å². The lowest BCUT2D eigenvalue weighted by molar-refractivity contribution is 0.116. The molecule has 1 atom stereocenters. The number of rotatable bonds is 1. The number of aliphatic hydroxyl groups excluding tert-OH is 1. The van der Waals surface area contributed by atoms with Gasteiger partial charge in [-0.3, -0.25) is 0 Å². The highest BCUT2D eigenvalue weighted by Gasteiger charge is 2.16. The van der Waals surface area contributed by atoms with Gasteiger partial charge in [0.1, 0.15) is 0 Å². The van der Waals surface area contributed by atoms with Crippen molar-refractivity contribution in [3.05, 3.63) is 0 Å². The van der Waals surface area contributed by atoms with Crippen LogP contribution in [0.5, 0.6) is 0 Å². The second kappa shape index (κ2) is 3.97. The maximum Gasteiger partial charge on any atom is 0.0540 e. The summed E-state index contributed by atoms with van der Waals surface area (Å²) >= 11 is 0. The maximum absolute atomic E-state index is 9.30. The van der Waals surface area contributed by atoms with Crippen LogP contribution in [0.1, 0.15) is 45.4 Å². The summed E-state index contributed by atoms with van der Waals surface area (Å²) in [6.45, 7) is 1.93. The Labute approximate surface area is 63.4 Å². The van der Waals surface area contributed by atoms with E-state index in [1.165, 1.54) is 38.5 Å². The molecule has 0 aliphatic heterocycles. The predicted molar refractivity (Wildman–Crippen MR) is 42.9 cm³/mol. The van der Waals surface area contributed by atoms with E-state index in [9.17, 15) is 5.11 Å². The van der Waals surface area contributed by atoms with Crippen LogP contribution in [0.2, 0.25) is 0 Å². The van der Waals surface area contributed by atoms with Crippen molar-refractivity contribution in [2.24, 2.45) is 5.92 Å². The third kappa shape index (κ3) is 2.30. The average molecular weight is 142 g/mol. The van der Waals surface area contributed by atoms with Gasteiger partial charge in [-0.15, -0.1) is 0 Å². The van der Waals surface area contributed by atoms with E-state index in [0.29, 0.717) is 5.92 Å². The fraction of sp³-hybridized carbons (Fsp3) is 1.00. The summed E-state index contributed by atoms with van der Waals surface area (Å²) in [5, 5.41) is 9.30. The van der Waals surface area contributed by atoms with E-state index in [2.05, 4.69) is 0 Å². The first-order chi connectivity index (χ1) is 4.80. The molecule has 0 heterocycles. The molecule has 10 heavy (non-hydrogen) atoms. The van der Waals surface area contributed by atoms with E-state index in [4.69, 9.17) is 0 Å². The van der Waals surface area contributed by atoms with Crippen molar-refractivity contribution in [3.63, 3.8) is 0 Å². The molecular formula is C9H18O. The van der Waals surface area contributed by atoms with Crippen molar-refractivity contribution in [1.82, 2.24) is 0 Å². The molecule has 0 spiro atoms. The minimum atomic E-state index is -0.0712. The third-order valence-electron chi connectivity index (χ3n) is 2.58. The van der Waals surface area contributed by atoms with Crippen LogP contribution in [0.3, 0.4) is 0 Å². The van der Waals surface area contributed by atoms with E-state index < -0.39 is 0 Å². The first-order valence-corrected chi connectivity index (χ1v) is 4.49. The molecule has 1 N–H and O–H groups in total.